The molecule has 0 spiro atoms. The van der Waals surface area contributed by atoms with Gasteiger partial charge in [0.25, 0.3) is 5.91 Å². The Morgan fingerprint density at radius 2 is 1.93 bits per heavy atom. The number of carbonyl (C=O) groups is 1. The summed E-state index contributed by atoms with van der Waals surface area (Å²) in [5.41, 5.74) is 3.20. The predicted molar refractivity (Wildman–Crippen MR) is 126 cm³/mol. The van der Waals surface area contributed by atoms with Gasteiger partial charge in [0.1, 0.15) is 0 Å². The number of carbonyl (C=O) groups excluding carboxylic acids is 1. The first-order chi connectivity index (χ1) is 14.2. The van der Waals surface area contributed by atoms with Gasteiger partial charge in [0.05, 0.1) is 10.6 Å². The number of amidine groups is 1. The molecular formula is C24H25BrN2OS. The van der Waals surface area contributed by atoms with Gasteiger partial charge in [-0.3, -0.25) is 9.69 Å². The molecule has 2 aromatic rings. The topological polar surface area (TPSA) is 32.7 Å². The highest BCUT2D eigenvalue weighted by atomic mass is 79.9. The number of amides is 1. The number of thioether (sulfide) groups is 1. The minimum absolute atomic E-state index is 0.0922. The molecule has 150 valence electrons. The molecule has 29 heavy (non-hydrogen) atoms. The lowest BCUT2D eigenvalue weighted by Gasteiger charge is -2.30. The second-order valence-electron chi connectivity index (χ2n) is 7.51. The van der Waals surface area contributed by atoms with E-state index in [1.165, 1.54) is 36.6 Å². The van der Waals surface area contributed by atoms with Crippen molar-refractivity contribution in [2.75, 3.05) is 0 Å². The van der Waals surface area contributed by atoms with Gasteiger partial charge in [-0.1, -0.05) is 72.4 Å². The molecule has 0 aromatic heterocycles. The third kappa shape index (κ3) is 4.67. The molecule has 1 saturated heterocycles. The molecule has 1 saturated carbocycles. The molecule has 2 fully saturated rings. The second-order valence-corrected chi connectivity index (χ2v) is 9.43. The molecule has 0 N–H and O–H groups in total. The SMILES string of the molecule is CCc1ccccc1N=C1S/C(=C/c2cccc(Br)c2)C(=O)N1C1CCCCC1. The van der Waals surface area contributed by atoms with Crippen molar-refractivity contribution < 1.29 is 4.79 Å². The Kier molecular flexibility index (Phi) is 6.56. The van der Waals surface area contributed by atoms with E-state index in [0.717, 1.165) is 45.1 Å². The fourth-order valence-electron chi connectivity index (χ4n) is 4.00. The van der Waals surface area contributed by atoms with Crippen LogP contribution in [0.3, 0.4) is 0 Å². The van der Waals surface area contributed by atoms with Gasteiger partial charge in [0, 0.05) is 10.5 Å². The highest BCUT2D eigenvalue weighted by Crippen LogP contribution is 2.39. The molecule has 2 aromatic carbocycles. The monoisotopic (exact) mass is 468 g/mol. The normalized spacial score (nSPS) is 20.8. The van der Waals surface area contributed by atoms with E-state index in [0.29, 0.717) is 0 Å². The molecule has 0 radical (unpaired) electrons. The summed E-state index contributed by atoms with van der Waals surface area (Å²) in [5, 5.41) is 0.823. The molecule has 4 rings (SSSR count). The predicted octanol–water partition coefficient (Wildman–Crippen LogP) is 6.95. The van der Waals surface area contributed by atoms with Crippen LogP contribution in [-0.2, 0) is 11.2 Å². The summed E-state index contributed by atoms with van der Waals surface area (Å²) in [7, 11) is 0. The zero-order valence-corrected chi connectivity index (χ0v) is 19.0. The van der Waals surface area contributed by atoms with Crippen LogP contribution in [0.4, 0.5) is 5.69 Å². The van der Waals surface area contributed by atoms with Gasteiger partial charge in [-0.25, -0.2) is 4.99 Å². The third-order valence-electron chi connectivity index (χ3n) is 5.51. The van der Waals surface area contributed by atoms with Crippen molar-refractivity contribution in [3.8, 4) is 0 Å². The van der Waals surface area contributed by atoms with Crippen LogP contribution in [0.25, 0.3) is 6.08 Å². The van der Waals surface area contributed by atoms with Crippen LogP contribution in [0, 0.1) is 0 Å². The summed E-state index contributed by atoms with van der Waals surface area (Å²) < 4.78 is 1.01. The van der Waals surface area contributed by atoms with Crippen LogP contribution >= 0.6 is 27.7 Å². The number of nitrogens with zero attached hydrogens (tertiary/aromatic N) is 2. The smallest absolute Gasteiger partial charge is 0.267 e. The average Bonchev–Trinajstić information content (AvgIpc) is 3.04. The van der Waals surface area contributed by atoms with Gasteiger partial charge in [-0.15, -0.1) is 0 Å². The minimum atomic E-state index is 0.0922. The van der Waals surface area contributed by atoms with Crippen molar-refractivity contribution >= 4 is 50.5 Å². The number of hydrogen-bond donors (Lipinski definition) is 0. The first-order valence-corrected chi connectivity index (χ1v) is 11.9. The number of para-hydroxylation sites is 1. The Bertz CT molecular complexity index is 963. The Morgan fingerprint density at radius 1 is 1.14 bits per heavy atom. The third-order valence-corrected chi connectivity index (χ3v) is 6.99. The molecule has 1 aliphatic heterocycles. The summed E-state index contributed by atoms with van der Waals surface area (Å²) in [5.74, 6) is 0.0922. The molecule has 1 aliphatic carbocycles. The Morgan fingerprint density at radius 3 is 2.69 bits per heavy atom. The molecular weight excluding hydrogens is 444 g/mol. The second kappa shape index (κ2) is 9.31. The van der Waals surface area contributed by atoms with Crippen molar-refractivity contribution in [3.05, 3.63) is 69.0 Å². The van der Waals surface area contributed by atoms with Gasteiger partial charge in [0.2, 0.25) is 0 Å². The van der Waals surface area contributed by atoms with E-state index in [2.05, 4.69) is 28.9 Å². The lowest BCUT2D eigenvalue weighted by molar-refractivity contribution is -0.124. The van der Waals surface area contributed by atoms with Crippen LogP contribution in [0.5, 0.6) is 0 Å². The highest BCUT2D eigenvalue weighted by molar-refractivity contribution is 9.10. The maximum Gasteiger partial charge on any atom is 0.267 e. The van der Waals surface area contributed by atoms with E-state index in [-0.39, 0.29) is 11.9 Å². The zero-order valence-electron chi connectivity index (χ0n) is 16.6. The Labute approximate surface area is 185 Å². The van der Waals surface area contributed by atoms with Crippen LogP contribution in [0.2, 0.25) is 0 Å². The van der Waals surface area contributed by atoms with E-state index >= 15 is 0 Å². The number of hydrogen-bond acceptors (Lipinski definition) is 3. The number of aliphatic imine (C=N–C) groups is 1. The molecule has 0 atom stereocenters. The average molecular weight is 469 g/mol. The van der Waals surface area contributed by atoms with Crippen molar-refractivity contribution in [1.29, 1.82) is 0 Å². The molecule has 1 amide bonds. The van der Waals surface area contributed by atoms with Crippen molar-refractivity contribution in [2.24, 2.45) is 4.99 Å². The Hall–Kier alpha value is -1.85. The van der Waals surface area contributed by atoms with Crippen molar-refractivity contribution in [3.63, 3.8) is 0 Å². The summed E-state index contributed by atoms with van der Waals surface area (Å²) in [4.78, 5) is 21.1. The maximum absolute atomic E-state index is 13.4. The number of aryl methyl sites for hydroxylation is 1. The summed E-state index contributed by atoms with van der Waals surface area (Å²) in [6.45, 7) is 2.14. The molecule has 5 heteroatoms. The summed E-state index contributed by atoms with van der Waals surface area (Å²) >= 11 is 5.03. The summed E-state index contributed by atoms with van der Waals surface area (Å²) in [6.07, 6.45) is 8.66. The van der Waals surface area contributed by atoms with E-state index < -0.39 is 0 Å². The van der Waals surface area contributed by atoms with E-state index in [1.54, 1.807) is 0 Å². The van der Waals surface area contributed by atoms with Crippen molar-refractivity contribution in [2.45, 2.75) is 51.5 Å². The van der Waals surface area contributed by atoms with Crippen LogP contribution in [-0.4, -0.2) is 22.0 Å². The highest BCUT2D eigenvalue weighted by Gasteiger charge is 2.38. The molecule has 1 heterocycles. The molecule has 2 aliphatic rings. The standard InChI is InChI=1S/C24H25BrN2OS/c1-2-18-10-6-7-14-21(18)26-24-27(20-12-4-3-5-13-20)23(28)22(29-24)16-17-9-8-11-19(25)15-17/h6-11,14-16,20H,2-5,12-13H2,1H3/b22-16+,26-24?. The Balaban J connectivity index is 1.73. The fourth-order valence-corrected chi connectivity index (χ4v) is 5.46. The largest absolute Gasteiger partial charge is 0.283 e. The quantitative estimate of drug-likeness (QED) is 0.454. The van der Waals surface area contributed by atoms with Gasteiger partial charge in [-0.2, -0.15) is 0 Å². The van der Waals surface area contributed by atoms with Gasteiger partial charge < -0.3 is 0 Å². The lowest BCUT2D eigenvalue weighted by Crippen LogP contribution is -2.40. The van der Waals surface area contributed by atoms with Gasteiger partial charge in [-0.05, 0) is 66.4 Å². The molecule has 3 nitrogen and oxygen atoms in total. The first-order valence-electron chi connectivity index (χ1n) is 10.3. The van der Waals surface area contributed by atoms with Crippen LogP contribution < -0.4 is 0 Å². The zero-order chi connectivity index (χ0) is 20.2. The maximum atomic E-state index is 13.4. The summed E-state index contributed by atoms with van der Waals surface area (Å²) in [6, 6.07) is 16.5. The van der Waals surface area contributed by atoms with E-state index in [4.69, 9.17) is 4.99 Å². The van der Waals surface area contributed by atoms with Gasteiger partial charge >= 0.3 is 0 Å². The lowest BCUT2D eigenvalue weighted by atomic mass is 9.94. The van der Waals surface area contributed by atoms with Gasteiger partial charge in [0.15, 0.2) is 5.17 Å². The fraction of sp³-hybridized carbons (Fsp3) is 0.333. The molecule has 0 bridgehead atoms. The van der Waals surface area contributed by atoms with E-state index in [1.807, 2.05) is 53.4 Å². The number of halogens is 1. The first kappa shape index (κ1) is 20.4. The van der Waals surface area contributed by atoms with Crippen LogP contribution in [0.1, 0.15) is 50.2 Å². The number of rotatable bonds is 4. The van der Waals surface area contributed by atoms with Crippen molar-refractivity contribution in [1.82, 2.24) is 4.90 Å². The molecule has 0 unspecified atom stereocenters. The van der Waals surface area contributed by atoms with E-state index in [9.17, 15) is 4.79 Å². The van der Waals surface area contributed by atoms with Crippen LogP contribution in [0.15, 0.2) is 62.9 Å². The minimum Gasteiger partial charge on any atom is -0.283 e. The number of benzene rings is 2.